The van der Waals surface area contributed by atoms with Gasteiger partial charge in [-0.2, -0.15) is 0 Å². The first kappa shape index (κ1) is 16.6. The van der Waals surface area contributed by atoms with E-state index in [1.54, 1.807) is 30.9 Å². The molecule has 3 aromatic rings. The second-order valence-electron chi connectivity index (χ2n) is 6.00. The Morgan fingerprint density at radius 2 is 1.73 bits per heavy atom. The maximum Gasteiger partial charge on any atom is 0.265 e. The SMILES string of the molecule is Cc1nc(-c2ccncc2)sc1C(=O)N1CCN(c2ncccn2)CC1. The first-order valence-electron chi connectivity index (χ1n) is 8.41. The lowest BCUT2D eigenvalue weighted by Gasteiger charge is -2.34. The predicted octanol–water partition coefficient (Wildman–Crippen LogP) is 2.27. The van der Waals surface area contributed by atoms with Crippen LogP contribution in [0.1, 0.15) is 15.4 Å². The maximum atomic E-state index is 12.9. The van der Waals surface area contributed by atoms with Crippen LogP contribution in [0.5, 0.6) is 0 Å². The molecule has 0 spiro atoms. The molecule has 0 bridgehead atoms. The fourth-order valence-corrected chi connectivity index (χ4v) is 3.96. The number of rotatable bonds is 3. The summed E-state index contributed by atoms with van der Waals surface area (Å²) >= 11 is 1.44. The molecule has 26 heavy (non-hydrogen) atoms. The maximum absolute atomic E-state index is 12.9. The van der Waals surface area contributed by atoms with Gasteiger partial charge in [0.05, 0.1) is 5.69 Å². The van der Waals surface area contributed by atoms with Gasteiger partial charge in [0.2, 0.25) is 5.95 Å². The summed E-state index contributed by atoms with van der Waals surface area (Å²) in [7, 11) is 0. The van der Waals surface area contributed by atoms with Crippen molar-refractivity contribution in [1.82, 2.24) is 24.8 Å². The van der Waals surface area contributed by atoms with Crippen LogP contribution >= 0.6 is 11.3 Å². The molecule has 0 saturated carbocycles. The third-order valence-corrected chi connectivity index (χ3v) is 5.51. The second-order valence-corrected chi connectivity index (χ2v) is 7.00. The molecule has 1 saturated heterocycles. The number of nitrogens with zero attached hydrogens (tertiary/aromatic N) is 6. The van der Waals surface area contributed by atoms with Crippen LogP contribution in [0, 0.1) is 6.92 Å². The lowest BCUT2D eigenvalue weighted by Crippen LogP contribution is -2.49. The summed E-state index contributed by atoms with van der Waals surface area (Å²) in [6.45, 7) is 4.65. The average molecular weight is 366 g/mol. The van der Waals surface area contributed by atoms with E-state index in [2.05, 4.69) is 24.8 Å². The van der Waals surface area contributed by atoms with Crippen molar-refractivity contribution in [3.05, 3.63) is 53.6 Å². The van der Waals surface area contributed by atoms with Gasteiger partial charge < -0.3 is 9.80 Å². The third kappa shape index (κ3) is 3.28. The van der Waals surface area contributed by atoms with Crippen LogP contribution in [-0.4, -0.2) is 56.9 Å². The van der Waals surface area contributed by atoms with Crippen LogP contribution in [0.25, 0.3) is 10.6 Å². The first-order valence-corrected chi connectivity index (χ1v) is 9.23. The molecule has 4 heterocycles. The Balaban J connectivity index is 1.47. The smallest absolute Gasteiger partial charge is 0.265 e. The zero-order valence-corrected chi connectivity index (χ0v) is 15.2. The number of carbonyl (C=O) groups is 1. The van der Waals surface area contributed by atoms with Gasteiger partial charge in [0, 0.05) is 56.5 Å². The van der Waals surface area contributed by atoms with Crippen molar-refractivity contribution >= 4 is 23.2 Å². The normalized spacial score (nSPS) is 14.5. The summed E-state index contributed by atoms with van der Waals surface area (Å²) in [5.41, 5.74) is 1.76. The number of amides is 1. The number of aromatic nitrogens is 4. The monoisotopic (exact) mass is 366 g/mol. The highest BCUT2D eigenvalue weighted by molar-refractivity contribution is 7.17. The molecule has 0 aliphatic carbocycles. The molecular formula is C18H18N6OS. The summed E-state index contributed by atoms with van der Waals surface area (Å²) in [5, 5.41) is 0.851. The van der Waals surface area contributed by atoms with Gasteiger partial charge in [0.15, 0.2) is 0 Å². The molecular weight excluding hydrogens is 348 g/mol. The molecule has 1 fully saturated rings. The Kier molecular flexibility index (Phi) is 4.57. The molecule has 8 heteroatoms. The van der Waals surface area contributed by atoms with Gasteiger partial charge >= 0.3 is 0 Å². The second kappa shape index (κ2) is 7.17. The lowest BCUT2D eigenvalue weighted by molar-refractivity contribution is 0.0750. The Labute approximate surface area is 155 Å². The zero-order chi connectivity index (χ0) is 17.9. The average Bonchev–Trinajstić information content (AvgIpc) is 3.10. The van der Waals surface area contributed by atoms with Gasteiger partial charge in [-0.05, 0) is 25.1 Å². The van der Waals surface area contributed by atoms with Crippen molar-refractivity contribution in [1.29, 1.82) is 0 Å². The lowest BCUT2D eigenvalue weighted by atomic mass is 10.2. The van der Waals surface area contributed by atoms with E-state index in [0.717, 1.165) is 29.4 Å². The molecule has 1 aliphatic rings. The van der Waals surface area contributed by atoms with Crippen LogP contribution in [-0.2, 0) is 0 Å². The summed E-state index contributed by atoms with van der Waals surface area (Å²) in [6, 6.07) is 5.62. The number of thiazole rings is 1. The van der Waals surface area contributed by atoms with E-state index in [1.807, 2.05) is 24.0 Å². The van der Waals surface area contributed by atoms with E-state index in [9.17, 15) is 4.79 Å². The topological polar surface area (TPSA) is 75.1 Å². The fourth-order valence-electron chi connectivity index (χ4n) is 2.92. The minimum absolute atomic E-state index is 0.0499. The van der Waals surface area contributed by atoms with Crippen LogP contribution in [0.3, 0.4) is 0 Å². The third-order valence-electron chi connectivity index (χ3n) is 4.32. The molecule has 1 aliphatic heterocycles. The summed E-state index contributed by atoms with van der Waals surface area (Å²) in [4.78, 5) is 34.8. The fraction of sp³-hybridized carbons (Fsp3) is 0.278. The molecule has 132 valence electrons. The van der Waals surface area contributed by atoms with Crippen molar-refractivity contribution in [3.8, 4) is 10.6 Å². The first-order chi connectivity index (χ1) is 12.7. The van der Waals surface area contributed by atoms with Crippen molar-refractivity contribution in [2.24, 2.45) is 0 Å². The van der Waals surface area contributed by atoms with Crippen LogP contribution in [0.4, 0.5) is 5.95 Å². The number of aryl methyl sites for hydroxylation is 1. The molecule has 1 amide bonds. The van der Waals surface area contributed by atoms with Crippen molar-refractivity contribution < 1.29 is 4.79 Å². The highest BCUT2D eigenvalue weighted by Gasteiger charge is 2.26. The molecule has 0 unspecified atom stereocenters. The van der Waals surface area contributed by atoms with Crippen molar-refractivity contribution in [3.63, 3.8) is 0 Å². The molecule has 7 nitrogen and oxygen atoms in total. The van der Waals surface area contributed by atoms with Crippen molar-refractivity contribution in [2.45, 2.75) is 6.92 Å². The minimum Gasteiger partial charge on any atom is -0.337 e. The van der Waals surface area contributed by atoms with Gasteiger partial charge in [-0.1, -0.05) is 0 Å². The molecule has 0 N–H and O–H groups in total. The van der Waals surface area contributed by atoms with Crippen LogP contribution in [0.15, 0.2) is 43.0 Å². The summed E-state index contributed by atoms with van der Waals surface area (Å²) in [5.74, 6) is 0.766. The number of carbonyl (C=O) groups excluding carboxylic acids is 1. The van der Waals surface area contributed by atoms with E-state index in [4.69, 9.17) is 0 Å². The minimum atomic E-state index is 0.0499. The van der Waals surface area contributed by atoms with E-state index >= 15 is 0 Å². The summed E-state index contributed by atoms with van der Waals surface area (Å²) < 4.78 is 0. The van der Waals surface area contributed by atoms with E-state index in [1.165, 1.54) is 11.3 Å². The van der Waals surface area contributed by atoms with E-state index in [0.29, 0.717) is 23.9 Å². The van der Waals surface area contributed by atoms with E-state index < -0.39 is 0 Å². The quantitative estimate of drug-likeness (QED) is 0.708. The largest absolute Gasteiger partial charge is 0.337 e. The number of hydrogen-bond acceptors (Lipinski definition) is 7. The molecule has 0 radical (unpaired) electrons. The standard InChI is InChI=1S/C18H18N6OS/c1-13-15(26-16(22-13)14-3-7-19-8-4-14)17(25)23-9-11-24(12-10-23)18-20-5-2-6-21-18/h2-8H,9-12H2,1H3. The Morgan fingerprint density at radius 1 is 1.04 bits per heavy atom. The number of hydrogen-bond donors (Lipinski definition) is 0. The summed E-state index contributed by atoms with van der Waals surface area (Å²) in [6.07, 6.45) is 6.94. The van der Waals surface area contributed by atoms with Gasteiger partial charge in [-0.3, -0.25) is 9.78 Å². The predicted molar refractivity (Wildman–Crippen MR) is 100 cm³/mol. The highest BCUT2D eigenvalue weighted by Crippen LogP contribution is 2.28. The van der Waals surface area contributed by atoms with E-state index in [-0.39, 0.29) is 5.91 Å². The molecule has 0 atom stereocenters. The van der Waals surface area contributed by atoms with Crippen LogP contribution < -0.4 is 4.90 Å². The Hall–Kier alpha value is -2.87. The number of anilines is 1. The Morgan fingerprint density at radius 3 is 2.42 bits per heavy atom. The van der Waals surface area contributed by atoms with Gasteiger partial charge in [-0.15, -0.1) is 11.3 Å². The molecule has 4 rings (SSSR count). The number of pyridine rings is 1. The zero-order valence-electron chi connectivity index (χ0n) is 14.4. The van der Waals surface area contributed by atoms with Gasteiger partial charge in [-0.25, -0.2) is 15.0 Å². The Bertz CT molecular complexity index is 891. The van der Waals surface area contributed by atoms with Crippen LogP contribution in [0.2, 0.25) is 0 Å². The van der Waals surface area contributed by atoms with Gasteiger partial charge in [0.25, 0.3) is 5.91 Å². The molecule has 3 aromatic heterocycles. The number of piperazine rings is 1. The van der Waals surface area contributed by atoms with Crippen molar-refractivity contribution in [2.75, 3.05) is 31.1 Å². The molecule has 0 aromatic carbocycles. The highest BCUT2D eigenvalue weighted by atomic mass is 32.1. The van der Waals surface area contributed by atoms with Gasteiger partial charge in [0.1, 0.15) is 9.88 Å².